The zero-order valence-electron chi connectivity index (χ0n) is 24.2. The van der Waals surface area contributed by atoms with E-state index in [4.69, 9.17) is 0 Å². The molecule has 8 bridgehead atoms. The second kappa shape index (κ2) is 16.7. The van der Waals surface area contributed by atoms with Crippen molar-refractivity contribution in [2.75, 3.05) is 52.4 Å². The number of rotatable bonds is 0. The van der Waals surface area contributed by atoms with Gasteiger partial charge in [-0.25, -0.2) is 0 Å². The molecule has 0 unspecified atom stereocenters. The zero-order valence-corrected chi connectivity index (χ0v) is 24.2. The van der Waals surface area contributed by atoms with Crippen LogP contribution in [0.25, 0.3) is 22.8 Å². The molecule has 42 heavy (non-hydrogen) atoms. The Kier molecular flexibility index (Phi) is 11.9. The van der Waals surface area contributed by atoms with E-state index in [0.29, 0.717) is 0 Å². The molecule has 10 heteroatoms. The Bertz CT molecular complexity index is 1170. The summed E-state index contributed by atoms with van der Waals surface area (Å²) < 4.78 is 0. The largest absolute Gasteiger partial charge is 0.314 e. The maximum atomic E-state index is 4.57. The molecule has 6 N–H and O–H groups in total. The molecule has 0 aliphatic carbocycles. The van der Waals surface area contributed by atoms with E-state index in [2.05, 4.69) is 100 Å². The molecule has 0 radical (unpaired) electrons. The zero-order chi connectivity index (χ0) is 28.7. The van der Waals surface area contributed by atoms with Crippen LogP contribution < -0.4 is 31.9 Å². The molecule has 0 saturated heterocycles. The number of nitrogens with zero attached hydrogens (tertiary/aromatic N) is 4. The van der Waals surface area contributed by atoms with Gasteiger partial charge in [0.05, 0.1) is 22.8 Å². The van der Waals surface area contributed by atoms with E-state index in [0.717, 1.165) is 101 Å². The highest BCUT2D eigenvalue weighted by Gasteiger charge is 2.06. The molecule has 220 valence electrons. The van der Waals surface area contributed by atoms with Crippen molar-refractivity contribution in [1.29, 1.82) is 0 Å². The summed E-state index contributed by atoms with van der Waals surface area (Å²) in [4.78, 5) is 18.3. The van der Waals surface area contributed by atoms with Gasteiger partial charge in [-0.3, -0.25) is 19.9 Å². The van der Waals surface area contributed by atoms with Gasteiger partial charge >= 0.3 is 0 Å². The number of pyridine rings is 4. The summed E-state index contributed by atoms with van der Waals surface area (Å²) in [6.07, 6.45) is 7.47. The van der Waals surface area contributed by atoms with Crippen molar-refractivity contribution < 1.29 is 0 Å². The summed E-state index contributed by atoms with van der Waals surface area (Å²) in [6.45, 7) is 10.4. The van der Waals surface area contributed by atoms with Gasteiger partial charge in [-0.2, -0.15) is 0 Å². The van der Waals surface area contributed by atoms with Crippen LogP contribution in [0, 0.1) is 0 Å². The summed E-state index contributed by atoms with van der Waals surface area (Å²) in [7, 11) is 0. The maximum absolute atomic E-state index is 4.57. The minimum absolute atomic E-state index is 0.793. The fourth-order valence-electron chi connectivity index (χ4n) is 4.79. The van der Waals surface area contributed by atoms with Crippen molar-refractivity contribution in [1.82, 2.24) is 51.8 Å². The van der Waals surface area contributed by atoms with Crippen LogP contribution in [-0.4, -0.2) is 72.3 Å². The van der Waals surface area contributed by atoms with E-state index in [1.807, 2.05) is 24.8 Å². The Morgan fingerprint density at radius 1 is 0.333 bits per heavy atom. The number of hydrogen-bond donors (Lipinski definition) is 6. The van der Waals surface area contributed by atoms with Crippen LogP contribution in [0.4, 0.5) is 0 Å². The Morgan fingerprint density at radius 3 is 0.833 bits per heavy atom. The first-order valence-corrected chi connectivity index (χ1v) is 14.9. The third kappa shape index (κ3) is 9.73. The molecule has 1 aliphatic heterocycles. The smallest absolute Gasteiger partial charge is 0.0889 e. The number of fused-ring (bicyclic) bond motifs is 10. The van der Waals surface area contributed by atoms with Crippen LogP contribution in [0.1, 0.15) is 22.3 Å². The molecule has 0 saturated carbocycles. The first kappa shape index (κ1) is 29.8. The van der Waals surface area contributed by atoms with Crippen LogP contribution >= 0.6 is 0 Å². The molecule has 0 fully saturated rings. The van der Waals surface area contributed by atoms with E-state index in [9.17, 15) is 0 Å². The van der Waals surface area contributed by atoms with E-state index in [-0.39, 0.29) is 0 Å². The molecule has 4 aromatic heterocycles. The second-order valence-electron chi connectivity index (χ2n) is 10.4. The standard InChI is InChI=1S/C32H42N10/c1-5-39-29-17-25(1)21-35-13-9-33-10-14-37-23-27-3-7-41-31(19-27)32-20-28(4-8-42-32)24-38-16-12-34-11-15-36-22-26-2-6-40-30(29)18-26/h1-8,17-20,33-38H,9-16,21-24H2. The van der Waals surface area contributed by atoms with Crippen molar-refractivity contribution in [2.45, 2.75) is 26.2 Å². The van der Waals surface area contributed by atoms with E-state index in [1.165, 1.54) is 22.3 Å². The summed E-state index contributed by atoms with van der Waals surface area (Å²) in [5.74, 6) is 0. The van der Waals surface area contributed by atoms with Gasteiger partial charge in [0.15, 0.2) is 0 Å². The molecule has 4 aromatic rings. The fourth-order valence-corrected chi connectivity index (χ4v) is 4.79. The Balaban J connectivity index is 1.17. The highest BCUT2D eigenvalue weighted by Crippen LogP contribution is 2.18. The molecule has 0 aromatic carbocycles. The summed E-state index contributed by atoms with van der Waals surface area (Å²) >= 11 is 0. The van der Waals surface area contributed by atoms with E-state index in [1.54, 1.807) is 0 Å². The average molecular weight is 567 g/mol. The lowest BCUT2D eigenvalue weighted by molar-refractivity contribution is 0.580. The maximum Gasteiger partial charge on any atom is 0.0889 e. The van der Waals surface area contributed by atoms with E-state index < -0.39 is 0 Å². The first-order valence-electron chi connectivity index (χ1n) is 14.9. The lowest BCUT2D eigenvalue weighted by Crippen LogP contribution is -2.32. The number of nitrogens with one attached hydrogen (secondary N) is 6. The van der Waals surface area contributed by atoms with Gasteiger partial charge in [0.2, 0.25) is 0 Å². The van der Waals surface area contributed by atoms with Crippen LogP contribution in [0.3, 0.4) is 0 Å². The van der Waals surface area contributed by atoms with Crippen molar-refractivity contribution in [3.8, 4) is 22.8 Å². The van der Waals surface area contributed by atoms with Crippen molar-refractivity contribution in [3.63, 3.8) is 0 Å². The minimum atomic E-state index is 0.793. The quantitative estimate of drug-likeness (QED) is 0.188. The molecule has 5 heterocycles. The van der Waals surface area contributed by atoms with Gasteiger partial charge < -0.3 is 31.9 Å². The fraction of sp³-hybridized carbons (Fsp3) is 0.375. The molecule has 1 aliphatic rings. The first-order chi connectivity index (χ1) is 20.8. The minimum Gasteiger partial charge on any atom is -0.314 e. The molecular weight excluding hydrogens is 524 g/mol. The van der Waals surface area contributed by atoms with Crippen LogP contribution in [-0.2, 0) is 26.2 Å². The second-order valence-corrected chi connectivity index (χ2v) is 10.4. The van der Waals surface area contributed by atoms with Gasteiger partial charge in [-0.15, -0.1) is 0 Å². The topological polar surface area (TPSA) is 124 Å². The number of hydrogen-bond acceptors (Lipinski definition) is 10. The predicted octanol–water partition coefficient (Wildman–Crippen LogP) is 1.85. The normalized spacial score (nSPS) is 16.8. The predicted molar refractivity (Wildman–Crippen MR) is 168 cm³/mol. The SMILES string of the molecule is c1cc2cc(n1)-c1cc(ccn1)CNCCNCCNCc1ccnc(c1)-c1cc(ccn1)CNCCNCCNC2. The average Bonchev–Trinajstić information content (AvgIpc) is 3.03. The van der Waals surface area contributed by atoms with Crippen molar-refractivity contribution in [2.24, 2.45) is 0 Å². The third-order valence-corrected chi connectivity index (χ3v) is 7.05. The molecular formula is C32H42N10. The summed E-state index contributed by atoms with van der Waals surface area (Å²) in [6, 6.07) is 16.7. The highest BCUT2D eigenvalue weighted by atomic mass is 15.0. The lowest BCUT2D eigenvalue weighted by Gasteiger charge is -2.11. The molecule has 0 spiro atoms. The Labute approximate surface area is 248 Å². The van der Waals surface area contributed by atoms with Crippen LogP contribution in [0.5, 0.6) is 0 Å². The molecule has 0 atom stereocenters. The molecule has 5 rings (SSSR count). The van der Waals surface area contributed by atoms with Crippen molar-refractivity contribution in [3.05, 3.63) is 95.6 Å². The third-order valence-electron chi connectivity index (χ3n) is 7.05. The molecule has 10 nitrogen and oxygen atoms in total. The van der Waals surface area contributed by atoms with E-state index >= 15 is 0 Å². The Hall–Kier alpha value is -3.64. The monoisotopic (exact) mass is 566 g/mol. The van der Waals surface area contributed by atoms with Crippen LogP contribution in [0.2, 0.25) is 0 Å². The Morgan fingerprint density at radius 2 is 0.571 bits per heavy atom. The summed E-state index contributed by atoms with van der Waals surface area (Å²) in [5, 5.41) is 21.1. The van der Waals surface area contributed by atoms with Gasteiger partial charge in [-0.05, 0) is 70.8 Å². The lowest BCUT2D eigenvalue weighted by atomic mass is 10.1. The van der Waals surface area contributed by atoms with Gasteiger partial charge in [0.1, 0.15) is 0 Å². The van der Waals surface area contributed by atoms with Gasteiger partial charge in [0, 0.05) is 103 Å². The van der Waals surface area contributed by atoms with Gasteiger partial charge in [0.25, 0.3) is 0 Å². The highest BCUT2D eigenvalue weighted by molar-refractivity contribution is 5.56. The van der Waals surface area contributed by atoms with Crippen molar-refractivity contribution >= 4 is 0 Å². The van der Waals surface area contributed by atoms with Gasteiger partial charge in [-0.1, -0.05) is 0 Å². The molecule has 0 amide bonds. The summed E-state index contributed by atoms with van der Waals surface area (Å²) in [5.41, 5.74) is 8.41. The number of aromatic nitrogens is 4. The van der Waals surface area contributed by atoms with Crippen LogP contribution in [0.15, 0.2) is 73.3 Å².